The molecule has 3 aliphatic rings. The number of pyridine rings is 1. The molecule has 32 heavy (non-hydrogen) atoms. The maximum absolute atomic E-state index is 13.5. The molecule has 4 rings (SSSR count). The van der Waals surface area contributed by atoms with Gasteiger partial charge in [-0.15, -0.1) is 0 Å². The molecule has 0 unspecified atom stereocenters. The smallest absolute Gasteiger partial charge is 0.411 e. The van der Waals surface area contributed by atoms with Gasteiger partial charge in [0.2, 0.25) is 5.91 Å². The summed E-state index contributed by atoms with van der Waals surface area (Å²) in [5, 5.41) is 12.9. The molecule has 2 N–H and O–H groups in total. The number of halogens is 1. The van der Waals surface area contributed by atoms with Crippen molar-refractivity contribution in [3.63, 3.8) is 0 Å². The van der Waals surface area contributed by atoms with Crippen molar-refractivity contribution >= 4 is 35.1 Å². The Kier molecular flexibility index (Phi) is 7.10. The third-order valence-corrected chi connectivity index (χ3v) is 7.31. The predicted octanol–water partition coefficient (Wildman–Crippen LogP) is 3.82. The zero-order chi connectivity index (χ0) is 22.7. The third kappa shape index (κ3) is 4.81. The van der Waals surface area contributed by atoms with Crippen LogP contribution in [0.4, 0.5) is 16.3 Å². The first-order valence-electron chi connectivity index (χ1n) is 11.8. The highest BCUT2D eigenvalue weighted by molar-refractivity contribution is 6.33. The molecule has 1 aromatic rings. The molecule has 9 heteroatoms. The van der Waals surface area contributed by atoms with Gasteiger partial charge in [0.15, 0.2) is 0 Å². The van der Waals surface area contributed by atoms with Crippen LogP contribution < -0.4 is 10.2 Å². The Bertz CT molecular complexity index is 845. The number of ether oxygens (including phenoxy) is 1. The van der Waals surface area contributed by atoms with Crippen molar-refractivity contribution in [1.29, 1.82) is 0 Å². The second-order valence-electron chi connectivity index (χ2n) is 9.31. The predicted molar refractivity (Wildman–Crippen MR) is 123 cm³/mol. The van der Waals surface area contributed by atoms with Crippen LogP contribution in [0.1, 0.15) is 58.3 Å². The minimum atomic E-state index is -0.527. The topological polar surface area (TPSA) is 95.0 Å². The van der Waals surface area contributed by atoms with Crippen molar-refractivity contribution in [2.24, 2.45) is 5.41 Å². The summed E-state index contributed by atoms with van der Waals surface area (Å²) in [4.78, 5) is 34.0. The van der Waals surface area contributed by atoms with Crippen LogP contribution >= 0.6 is 11.6 Å². The highest BCUT2D eigenvalue weighted by Gasteiger charge is 2.51. The lowest BCUT2D eigenvalue weighted by atomic mass is 9.78. The van der Waals surface area contributed by atoms with Crippen molar-refractivity contribution in [1.82, 2.24) is 9.88 Å². The standard InChI is InChI=1S/C23H33ClN4O4/c1-2-12-32-22(31)26-16-13-19(24)20(25-14-16)27-10-3-8-23(15-27)9-11-28(21(23)30)17-4-6-18(29)7-5-17/h13-14,17-18,29H,2-12,15H2,1H3,(H,26,31)/t17-,18+,23-/m1/s1. The molecule has 176 valence electrons. The van der Waals surface area contributed by atoms with Crippen LogP contribution in [0.3, 0.4) is 0 Å². The Morgan fingerprint density at radius 2 is 2.09 bits per heavy atom. The molecule has 0 aromatic carbocycles. The van der Waals surface area contributed by atoms with Crippen molar-refractivity contribution in [3.8, 4) is 0 Å². The number of nitrogens with zero attached hydrogens (tertiary/aromatic N) is 3. The van der Waals surface area contributed by atoms with Gasteiger partial charge < -0.3 is 19.6 Å². The quantitative estimate of drug-likeness (QED) is 0.687. The number of hydrogen-bond donors (Lipinski definition) is 2. The number of hydrogen-bond acceptors (Lipinski definition) is 6. The zero-order valence-electron chi connectivity index (χ0n) is 18.7. The number of carbonyl (C=O) groups excluding carboxylic acids is 2. The fourth-order valence-corrected chi connectivity index (χ4v) is 5.62. The van der Waals surface area contributed by atoms with E-state index in [1.165, 1.54) is 0 Å². The van der Waals surface area contributed by atoms with Gasteiger partial charge in [0.1, 0.15) is 5.82 Å². The molecular formula is C23H33ClN4O4. The lowest BCUT2D eigenvalue weighted by molar-refractivity contribution is -0.139. The minimum absolute atomic E-state index is 0.220. The second kappa shape index (κ2) is 9.83. The molecule has 1 atom stereocenters. The van der Waals surface area contributed by atoms with Crippen LogP contribution in [0, 0.1) is 5.41 Å². The summed E-state index contributed by atoms with van der Waals surface area (Å²) in [7, 11) is 0. The van der Waals surface area contributed by atoms with Crippen molar-refractivity contribution in [2.45, 2.75) is 70.4 Å². The van der Waals surface area contributed by atoms with E-state index in [0.29, 0.717) is 29.7 Å². The van der Waals surface area contributed by atoms with E-state index in [2.05, 4.69) is 20.1 Å². The Morgan fingerprint density at radius 3 is 2.81 bits per heavy atom. The number of amides is 2. The first-order chi connectivity index (χ1) is 15.4. The van der Waals surface area contributed by atoms with E-state index in [4.69, 9.17) is 16.3 Å². The number of piperidine rings is 1. The summed E-state index contributed by atoms with van der Waals surface area (Å²) in [6.45, 7) is 4.48. The zero-order valence-corrected chi connectivity index (χ0v) is 19.4. The van der Waals surface area contributed by atoms with Crippen molar-refractivity contribution < 1.29 is 19.4 Å². The summed E-state index contributed by atoms with van der Waals surface area (Å²) in [6.07, 6.45) is 7.54. The number of anilines is 2. The van der Waals surface area contributed by atoms with E-state index in [-0.39, 0.29) is 23.5 Å². The van der Waals surface area contributed by atoms with E-state index in [1.54, 1.807) is 12.3 Å². The van der Waals surface area contributed by atoms with Gasteiger partial charge in [-0.25, -0.2) is 9.78 Å². The molecule has 0 bridgehead atoms. The van der Waals surface area contributed by atoms with Crippen LogP contribution in [-0.2, 0) is 9.53 Å². The van der Waals surface area contributed by atoms with E-state index in [1.807, 2.05) is 6.92 Å². The first-order valence-corrected chi connectivity index (χ1v) is 12.1. The molecule has 1 aliphatic carbocycles. The molecule has 1 saturated carbocycles. The Labute approximate surface area is 194 Å². The monoisotopic (exact) mass is 464 g/mol. The lowest BCUT2D eigenvalue weighted by Gasteiger charge is -2.41. The number of nitrogens with one attached hydrogen (secondary N) is 1. The lowest BCUT2D eigenvalue weighted by Crippen LogP contribution is -2.50. The van der Waals surface area contributed by atoms with Gasteiger partial charge in [-0.3, -0.25) is 10.1 Å². The molecule has 3 heterocycles. The molecule has 1 aromatic heterocycles. The Morgan fingerprint density at radius 1 is 1.31 bits per heavy atom. The van der Waals surface area contributed by atoms with Crippen LogP contribution in [-0.4, -0.2) is 65.4 Å². The normalized spacial score (nSPS) is 28.3. The second-order valence-corrected chi connectivity index (χ2v) is 9.71. The Balaban J connectivity index is 1.42. The maximum Gasteiger partial charge on any atom is 0.411 e. The number of aliphatic hydroxyl groups excluding tert-OH is 1. The first kappa shape index (κ1) is 23.1. The average Bonchev–Trinajstić information content (AvgIpc) is 3.08. The molecular weight excluding hydrogens is 432 g/mol. The highest BCUT2D eigenvalue weighted by Crippen LogP contribution is 2.44. The van der Waals surface area contributed by atoms with Gasteiger partial charge in [0.05, 0.1) is 35.0 Å². The fraction of sp³-hybridized carbons (Fsp3) is 0.696. The number of aromatic nitrogens is 1. The van der Waals surface area contributed by atoms with Gasteiger partial charge in [0.25, 0.3) is 0 Å². The number of carbonyl (C=O) groups is 2. The van der Waals surface area contributed by atoms with Crippen LogP contribution in [0.25, 0.3) is 0 Å². The van der Waals surface area contributed by atoms with E-state index < -0.39 is 6.09 Å². The molecule has 2 saturated heterocycles. The molecule has 1 spiro atoms. The summed E-state index contributed by atoms with van der Waals surface area (Å²) in [5.41, 5.74) is 0.0920. The van der Waals surface area contributed by atoms with E-state index in [9.17, 15) is 14.7 Å². The van der Waals surface area contributed by atoms with Crippen LogP contribution in [0.2, 0.25) is 5.02 Å². The molecule has 3 fully saturated rings. The van der Waals surface area contributed by atoms with Crippen molar-refractivity contribution in [3.05, 3.63) is 17.3 Å². The van der Waals surface area contributed by atoms with Gasteiger partial charge in [0, 0.05) is 25.7 Å². The number of likely N-dealkylation sites (tertiary alicyclic amines) is 1. The fourth-order valence-electron chi connectivity index (χ4n) is 5.34. The van der Waals surface area contributed by atoms with E-state index >= 15 is 0 Å². The average molecular weight is 465 g/mol. The third-order valence-electron chi connectivity index (χ3n) is 7.03. The van der Waals surface area contributed by atoms with E-state index in [0.717, 1.165) is 64.5 Å². The van der Waals surface area contributed by atoms with Crippen LogP contribution in [0.15, 0.2) is 12.3 Å². The van der Waals surface area contributed by atoms with Gasteiger partial charge >= 0.3 is 6.09 Å². The van der Waals surface area contributed by atoms with Gasteiger partial charge in [-0.2, -0.15) is 0 Å². The summed E-state index contributed by atoms with van der Waals surface area (Å²) in [5.74, 6) is 0.891. The molecule has 2 amide bonds. The number of rotatable bonds is 5. The molecule has 0 radical (unpaired) electrons. The maximum atomic E-state index is 13.5. The summed E-state index contributed by atoms with van der Waals surface area (Å²) in [6, 6.07) is 1.93. The molecule has 2 aliphatic heterocycles. The minimum Gasteiger partial charge on any atom is -0.449 e. The van der Waals surface area contributed by atoms with Crippen molar-refractivity contribution in [2.75, 3.05) is 36.5 Å². The van der Waals surface area contributed by atoms with Gasteiger partial charge in [-0.1, -0.05) is 18.5 Å². The number of aliphatic hydroxyl groups is 1. The molecule has 8 nitrogen and oxygen atoms in total. The largest absolute Gasteiger partial charge is 0.449 e. The van der Waals surface area contributed by atoms with Gasteiger partial charge in [-0.05, 0) is 57.4 Å². The Hall–Kier alpha value is -2.06. The van der Waals surface area contributed by atoms with Crippen LogP contribution in [0.5, 0.6) is 0 Å². The SMILES string of the molecule is CCCOC(=O)Nc1cnc(N2CCC[C@@]3(CCN([C@H]4CC[C@@H](O)CC4)C3=O)C2)c(Cl)c1. The highest BCUT2D eigenvalue weighted by atomic mass is 35.5. The summed E-state index contributed by atoms with van der Waals surface area (Å²) < 4.78 is 5.04. The summed E-state index contributed by atoms with van der Waals surface area (Å²) >= 11 is 6.53.